The molecule has 7 nitrogen and oxygen atoms in total. The molecule has 1 atom stereocenters. The molecule has 26 heavy (non-hydrogen) atoms. The number of aryl methyl sites for hydroxylation is 1. The molecule has 2 aromatic heterocycles. The van der Waals surface area contributed by atoms with E-state index in [0.717, 1.165) is 16.6 Å². The van der Waals surface area contributed by atoms with Crippen LogP contribution < -0.4 is 10.2 Å². The Labute approximate surface area is 153 Å². The number of likely N-dealkylation sites (tertiary alicyclic amines) is 1. The van der Waals surface area contributed by atoms with Gasteiger partial charge in [-0.1, -0.05) is 23.5 Å². The zero-order valence-electron chi connectivity index (χ0n) is 14.2. The van der Waals surface area contributed by atoms with Gasteiger partial charge in [-0.05, 0) is 37.1 Å². The lowest BCUT2D eigenvalue weighted by Crippen LogP contribution is -2.45. The molecule has 1 aliphatic heterocycles. The van der Waals surface area contributed by atoms with Crippen LogP contribution in [0.1, 0.15) is 23.4 Å². The fourth-order valence-corrected chi connectivity index (χ4v) is 4.17. The highest BCUT2D eigenvalue weighted by Crippen LogP contribution is 2.20. The van der Waals surface area contributed by atoms with Crippen molar-refractivity contribution in [2.75, 3.05) is 6.54 Å². The van der Waals surface area contributed by atoms with Gasteiger partial charge in [-0.15, -0.1) is 5.10 Å². The Balaban J connectivity index is 1.53. The second-order valence-electron chi connectivity index (χ2n) is 6.13. The van der Waals surface area contributed by atoms with Crippen LogP contribution in [0.4, 0.5) is 0 Å². The molecule has 0 bridgehead atoms. The maximum Gasteiger partial charge on any atom is 0.290 e. The summed E-state index contributed by atoms with van der Waals surface area (Å²) >= 11 is 1.50. The first kappa shape index (κ1) is 16.6. The Morgan fingerprint density at radius 1 is 1.27 bits per heavy atom. The molecule has 0 saturated carbocycles. The molecule has 1 fully saturated rings. The SMILES string of the molecule is Cn1/c(=N/NC(=O)C2CCCN2C(=O)c2ccco2)sc2ccccc21. The number of benzene rings is 1. The van der Waals surface area contributed by atoms with Crippen molar-refractivity contribution in [1.29, 1.82) is 0 Å². The number of carbonyl (C=O) groups is 2. The second kappa shape index (κ2) is 6.80. The van der Waals surface area contributed by atoms with Gasteiger partial charge in [0, 0.05) is 13.6 Å². The zero-order valence-corrected chi connectivity index (χ0v) is 15.0. The molecule has 1 unspecified atom stereocenters. The average molecular weight is 370 g/mol. The smallest absolute Gasteiger partial charge is 0.290 e. The molecule has 3 aromatic rings. The van der Waals surface area contributed by atoms with Crippen molar-refractivity contribution in [3.05, 3.63) is 53.2 Å². The lowest BCUT2D eigenvalue weighted by atomic mass is 10.2. The number of furan rings is 1. The number of para-hydroxylation sites is 1. The number of fused-ring (bicyclic) bond motifs is 1. The minimum absolute atomic E-state index is 0.248. The number of nitrogens with zero attached hydrogens (tertiary/aromatic N) is 3. The number of carbonyl (C=O) groups excluding carboxylic acids is 2. The quantitative estimate of drug-likeness (QED) is 0.717. The first-order valence-electron chi connectivity index (χ1n) is 8.38. The van der Waals surface area contributed by atoms with Crippen molar-refractivity contribution in [1.82, 2.24) is 14.9 Å². The van der Waals surface area contributed by atoms with Gasteiger partial charge in [0.2, 0.25) is 4.80 Å². The fourth-order valence-electron chi connectivity index (χ4n) is 3.19. The van der Waals surface area contributed by atoms with Crippen LogP contribution in [0.15, 0.2) is 52.2 Å². The largest absolute Gasteiger partial charge is 0.459 e. The second-order valence-corrected chi connectivity index (χ2v) is 7.14. The van der Waals surface area contributed by atoms with Gasteiger partial charge in [-0.2, -0.15) is 0 Å². The molecule has 1 aromatic carbocycles. The minimum atomic E-state index is -0.531. The number of amides is 2. The van der Waals surface area contributed by atoms with E-state index >= 15 is 0 Å². The Bertz CT molecular complexity index is 1020. The molecule has 3 heterocycles. The Morgan fingerprint density at radius 3 is 2.88 bits per heavy atom. The van der Waals surface area contributed by atoms with Crippen LogP contribution in [-0.2, 0) is 11.8 Å². The summed E-state index contributed by atoms with van der Waals surface area (Å²) in [6.07, 6.45) is 2.85. The molecule has 0 spiro atoms. The zero-order chi connectivity index (χ0) is 18.1. The molecular weight excluding hydrogens is 352 g/mol. The third-order valence-corrected chi connectivity index (χ3v) is 5.64. The molecule has 2 amide bonds. The number of hydrogen-bond donors (Lipinski definition) is 1. The Hall–Kier alpha value is -2.87. The lowest BCUT2D eigenvalue weighted by molar-refractivity contribution is -0.124. The van der Waals surface area contributed by atoms with Crippen molar-refractivity contribution < 1.29 is 14.0 Å². The summed E-state index contributed by atoms with van der Waals surface area (Å²) in [6.45, 7) is 0.536. The monoisotopic (exact) mass is 370 g/mol. The highest BCUT2D eigenvalue weighted by molar-refractivity contribution is 7.16. The van der Waals surface area contributed by atoms with Crippen LogP contribution in [0, 0.1) is 0 Å². The predicted molar refractivity (Wildman–Crippen MR) is 97.3 cm³/mol. The van der Waals surface area contributed by atoms with Crippen LogP contribution >= 0.6 is 11.3 Å². The molecule has 4 rings (SSSR count). The van der Waals surface area contributed by atoms with Crippen LogP contribution in [0.25, 0.3) is 10.2 Å². The summed E-state index contributed by atoms with van der Waals surface area (Å²) in [4.78, 5) is 27.3. The highest BCUT2D eigenvalue weighted by Gasteiger charge is 2.35. The number of nitrogens with one attached hydrogen (secondary N) is 1. The first-order chi connectivity index (χ1) is 12.6. The Morgan fingerprint density at radius 2 is 2.12 bits per heavy atom. The van der Waals surface area contributed by atoms with Gasteiger partial charge >= 0.3 is 0 Å². The van der Waals surface area contributed by atoms with Crippen LogP contribution in [0.3, 0.4) is 0 Å². The summed E-state index contributed by atoms with van der Waals surface area (Å²) < 4.78 is 8.19. The molecular formula is C18H18N4O3S. The lowest BCUT2D eigenvalue weighted by Gasteiger charge is -2.21. The average Bonchev–Trinajstić information content (AvgIpc) is 3.40. The van der Waals surface area contributed by atoms with E-state index in [0.29, 0.717) is 17.8 Å². The molecule has 1 N–H and O–H groups in total. The molecule has 0 radical (unpaired) electrons. The summed E-state index contributed by atoms with van der Waals surface area (Å²) in [5.41, 5.74) is 3.68. The molecule has 8 heteroatoms. The van der Waals surface area contributed by atoms with Crippen LogP contribution in [0.5, 0.6) is 0 Å². The summed E-state index contributed by atoms with van der Waals surface area (Å²) in [5, 5.41) is 4.26. The van der Waals surface area contributed by atoms with Gasteiger partial charge in [0.15, 0.2) is 5.76 Å². The maximum atomic E-state index is 12.6. The maximum absolute atomic E-state index is 12.6. The van der Waals surface area contributed by atoms with Crippen molar-refractivity contribution in [2.24, 2.45) is 12.1 Å². The van der Waals surface area contributed by atoms with Gasteiger partial charge in [0.25, 0.3) is 11.8 Å². The molecule has 134 valence electrons. The predicted octanol–water partition coefficient (Wildman–Crippen LogP) is 2.07. The van der Waals surface area contributed by atoms with Gasteiger partial charge in [-0.3, -0.25) is 9.59 Å². The standard InChI is InChI=1S/C18H18N4O3S/c1-21-12-6-2-3-9-15(12)26-18(21)20-19-16(23)13-7-4-10-22(13)17(24)14-8-5-11-25-14/h2-3,5-6,8-9,11,13H,4,7,10H2,1H3,(H,19,23)/b20-18-. The van der Waals surface area contributed by atoms with E-state index in [1.807, 2.05) is 35.9 Å². The minimum Gasteiger partial charge on any atom is -0.459 e. The topological polar surface area (TPSA) is 79.8 Å². The van der Waals surface area contributed by atoms with E-state index in [1.165, 1.54) is 17.6 Å². The van der Waals surface area contributed by atoms with Crippen LogP contribution in [-0.4, -0.2) is 33.9 Å². The summed E-state index contributed by atoms with van der Waals surface area (Å²) in [7, 11) is 1.91. The summed E-state index contributed by atoms with van der Waals surface area (Å²) in [5.74, 6) is -0.294. The number of thiazole rings is 1. The van der Waals surface area contributed by atoms with Gasteiger partial charge < -0.3 is 13.9 Å². The van der Waals surface area contributed by atoms with E-state index in [-0.39, 0.29) is 17.6 Å². The van der Waals surface area contributed by atoms with E-state index in [4.69, 9.17) is 4.42 Å². The number of hydrogen-bond acceptors (Lipinski definition) is 5. The highest BCUT2D eigenvalue weighted by atomic mass is 32.1. The molecule has 0 aliphatic carbocycles. The van der Waals surface area contributed by atoms with Gasteiger partial charge in [-0.25, -0.2) is 5.43 Å². The third kappa shape index (κ3) is 2.92. The normalized spacial score (nSPS) is 17.8. The summed E-state index contributed by atoms with van der Waals surface area (Å²) in [6, 6.07) is 10.7. The molecule has 1 aliphatic rings. The third-order valence-electron chi connectivity index (χ3n) is 4.52. The van der Waals surface area contributed by atoms with Crippen molar-refractivity contribution >= 4 is 33.4 Å². The van der Waals surface area contributed by atoms with Crippen LogP contribution in [0.2, 0.25) is 0 Å². The van der Waals surface area contributed by atoms with Crippen molar-refractivity contribution in [2.45, 2.75) is 18.9 Å². The fraction of sp³-hybridized carbons (Fsp3) is 0.278. The first-order valence-corrected chi connectivity index (χ1v) is 9.19. The number of rotatable bonds is 3. The van der Waals surface area contributed by atoms with Crippen molar-refractivity contribution in [3.63, 3.8) is 0 Å². The van der Waals surface area contributed by atoms with Gasteiger partial charge in [0.1, 0.15) is 6.04 Å². The van der Waals surface area contributed by atoms with E-state index < -0.39 is 6.04 Å². The molecule has 1 saturated heterocycles. The van der Waals surface area contributed by atoms with E-state index in [9.17, 15) is 9.59 Å². The number of aromatic nitrogens is 1. The van der Waals surface area contributed by atoms with Crippen molar-refractivity contribution in [3.8, 4) is 0 Å². The van der Waals surface area contributed by atoms with E-state index in [1.54, 1.807) is 17.0 Å². The Kier molecular flexibility index (Phi) is 4.34. The van der Waals surface area contributed by atoms with E-state index in [2.05, 4.69) is 10.5 Å². The van der Waals surface area contributed by atoms with Gasteiger partial charge in [0.05, 0.1) is 16.5 Å².